The van der Waals surface area contributed by atoms with Crippen LogP contribution in [0.4, 0.5) is 0 Å². The summed E-state index contributed by atoms with van der Waals surface area (Å²) in [6, 6.07) is 0. The number of fused-ring (bicyclic) bond motifs is 5. The number of esters is 1. The predicted molar refractivity (Wildman–Crippen MR) is 113 cm³/mol. The molecule has 0 amide bonds. The molecule has 5 unspecified atom stereocenters. The molecule has 5 aliphatic rings. The van der Waals surface area contributed by atoms with Crippen LogP contribution in [0.2, 0.25) is 0 Å². The van der Waals surface area contributed by atoms with Crippen molar-refractivity contribution >= 4 is 11.8 Å². The SMILES string of the molecule is C[C@H](CC1CCOC1=O)[C@H]1CCC2C3CC[C@H]4CC(=O)CC[C@]4(C)C3CCC21C. The Morgan fingerprint density at radius 2 is 1.76 bits per heavy atom. The van der Waals surface area contributed by atoms with E-state index in [1.54, 1.807) is 0 Å². The second kappa shape index (κ2) is 7.09. The van der Waals surface area contributed by atoms with E-state index >= 15 is 0 Å². The molecule has 3 heteroatoms. The summed E-state index contributed by atoms with van der Waals surface area (Å²) in [6.07, 6.45) is 12.9. The van der Waals surface area contributed by atoms with E-state index < -0.39 is 0 Å². The highest BCUT2D eigenvalue weighted by Crippen LogP contribution is 2.68. The van der Waals surface area contributed by atoms with E-state index in [1.807, 2.05) is 0 Å². The van der Waals surface area contributed by atoms with Crippen LogP contribution in [-0.2, 0) is 14.3 Å². The molecule has 162 valence electrons. The molecular weight excluding hydrogens is 360 g/mol. The number of ether oxygens (including phenoxy) is 1. The molecule has 5 fully saturated rings. The highest BCUT2D eigenvalue weighted by Gasteiger charge is 2.60. The van der Waals surface area contributed by atoms with Crippen molar-refractivity contribution < 1.29 is 14.3 Å². The quantitative estimate of drug-likeness (QED) is 0.562. The third-order valence-electron chi connectivity index (χ3n) is 10.9. The van der Waals surface area contributed by atoms with Crippen LogP contribution in [0.1, 0.15) is 91.4 Å². The van der Waals surface area contributed by atoms with Crippen LogP contribution < -0.4 is 0 Å². The van der Waals surface area contributed by atoms with Gasteiger partial charge in [0.25, 0.3) is 0 Å². The standard InChI is InChI=1S/C26H40O3/c1-16(14-17-10-13-29-24(17)28)21-6-7-22-20-5-4-18-15-19(27)8-11-25(18,2)23(20)9-12-26(21,22)3/h16-18,20-23H,4-15H2,1-3H3/t16-,17?,18+,20?,21-,22?,23?,25+,26?/m1/s1. The lowest BCUT2D eigenvalue weighted by Gasteiger charge is -2.60. The summed E-state index contributed by atoms with van der Waals surface area (Å²) in [6.45, 7) is 8.20. The summed E-state index contributed by atoms with van der Waals surface area (Å²) in [5, 5.41) is 0. The second-order valence-corrected chi connectivity index (χ2v) is 12.0. The molecule has 0 radical (unpaired) electrons. The minimum absolute atomic E-state index is 0.0540. The first kappa shape index (κ1) is 20.1. The van der Waals surface area contributed by atoms with Crippen LogP contribution >= 0.6 is 0 Å². The third kappa shape index (κ3) is 3.04. The molecule has 9 atom stereocenters. The maximum Gasteiger partial charge on any atom is 0.309 e. The van der Waals surface area contributed by atoms with Gasteiger partial charge in [-0.2, -0.15) is 0 Å². The highest BCUT2D eigenvalue weighted by molar-refractivity contribution is 5.79. The van der Waals surface area contributed by atoms with Crippen molar-refractivity contribution in [3.05, 3.63) is 0 Å². The van der Waals surface area contributed by atoms with Crippen molar-refractivity contribution in [1.29, 1.82) is 0 Å². The minimum Gasteiger partial charge on any atom is -0.465 e. The van der Waals surface area contributed by atoms with E-state index in [9.17, 15) is 9.59 Å². The Morgan fingerprint density at radius 3 is 2.52 bits per heavy atom. The molecule has 4 aliphatic carbocycles. The van der Waals surface area contributed by atoms with E-state index in [4.69, 9.17) is 4.74 Å². The summed E-state index contributed by atoms with van der Waals surface area (Å²) in [5.41, 5.74) is 0.867. The van der Waals surface area contributed by atoms with E-state index in [1.165, 1.54) is 38.5 Å². The van der Waals surface area contributed by atoms with Crippen LogP contribution in [0.15, 0.2) is 0 Å². The largest absolute Gasteiger partial charge is 0.465 e. The van der Waals surface area contributed by atoms with Crippen molar-refractivity contribution in [2.75, 3.05) is 6.61 Å². The molecule has 0 aromatic heterocycles. The van der Waals surface area contributed by atoms with Crippen LogP contribution in [-0.4, -0.2) is 18.4 Å². The summed E-state index contributed by atoms with van der Waals surface area (Å²) < 4.78 is 5.24. The van der Waals surface area contributed by atoms with Gasteiger partial charge in [-0.15, -0.1) is 0 Å². The zero-order valence-corrected chi connectivity index (χ0v) is 18.8. The lowest BCUT2D eigenvalue weighted by molar-refractivity contribution is -0.142. The van der Waals surface area contributed by atoms with Gasteiger partial charge in [-0.1, -0.05) is 20.8 Å². The fraction of sp³-hybridized carbons (Fsp3) is 0.923. The summed E-state index contributed by atoms with van der Waals surface area (Å²) in [7, 11) is 0. The maximum atomic E-state index is 12.1. The number of cyclic esters (lactones) is 1. The topological polar surface area (TPSA) is 43.4 Å². The molecule has 5 rings (SSSR count). The molecule has 0 N–H and O–H groups in total. The molecule has 29 heavy (non-hydrogen) atoms. The zero-order valence-electron chi connectivity index (χ0n) is 18.8. The van der Waals surface area contributed by atoms with E-state index in [0.29, 0.717) is 35.1 Å². The van der Waals surface area contributed by atoms with Gasteiger partial charge < -0.3 is 4.74 Å². The van der Waals surface area contributed by atoms with Crippen molar-refractivity contribution in [2.24, 2.45) is 52.3 Å². The number of hydrogen-bond donors (Lipinski definition) is 0. The predicted octanol–water partition coefficient (Wildman–Crippen LogP) is 5.80. The lowest BCUT2D eigenvalue weighted by Crippen LogP contribution is -2.53. The van der Waals surface area contributed by atoms with Gasteiger partial charge in [-0.05, 0) is 104 Å². The van der Waals surface area contributed by atoms with Crippen molar-refractivity contribution in [3.8, 4) is 0 Å². The Hall–Kier alpha value is -0.860. The minimum atomic E-state index is 0.0540. The van der Waals surface area contributed by atoms with Gasteiger partial charge >= 0.3 is 5.97 Å². The molecule has 0 aromatic rings. The van der Waals surface area contributed by atoms with Gasteiger partial charge in [0.05, 0.1) is 12.5 Å². The lowest BCUT2D eigenvalue weighted by atomic mass is 9.44. The van der Waals surface area contributed by atoms with Gasteiger partial charge in [0.15, 0.2) is 0 Å². The fourth-order valence-electron chi connectivity index (χ4n) is 9.39. The molecule has 0 aromatic carbocycles. The normalized spacial score (nSPS) is 50.4. The van der Waals surface area contributed by atoms with Crippen LogP contribution in [0.25, 0.3) is 0 Å². The van der Waals surface area contributed by atoms with Gasteiger partial charge in [0.2, 0.25) is 0 Å². The molecule has 3 nitrogen and oxygen atoms in total. The molecule has 1 heterocycles. The molecular formula is C26H40O3. The first-order valence-electron chi connectivity index (χ1n) is 12.5. The highest BCUT2D eigenvalue weighted by atomic mass is 16.5. The van der Waals surface area contributed by atoms with Crippen molar-refractivity contribution in [3.63, 3.8) is 0 Å². The summed E-state index contributed by atoms with van der Waals surface area (Å²) in [5.74, 6) is 5.33. The molecule has 1 aliphatic heterocycles. The second-order valence-electron chi connectivity index (χ2n) is 12.0. The van der Waals surface area contributed by atoms with Gasteiger partial charge in [0.1, 0.15) is 5.78 Å². The smallest absolute Gasteiger partial charge is 0.309 e. The Balaban J connectivity index is 1.33. The van der Waals surface area contributed by atoms with E-state index in [-0.39, 0.29) is 11.9 Å². The number of Topliss-reactive ketones (excluding diaryl/α,β-unsaturated/α-hetero) is 1. The Morgan fingerprint density at radius 1 is 0.966 bits per heavy atom. The van der Waals surface area contributed by atoms with Gasteiger partial charge in [-0.3, -0.25) is 9.59 Å². The average Bonchev–Trinajstić information content (AvgIpc) is 3.25. The van der Waals surface area contributed by atoms with Crippen LogP contribution in [0.5, 0.6) is 0 Å². The molecule has 1 saturated heterocycles. The summed E-state index contributed by atoms with van der Waals surface area (Å²) in [4.78, 5) is 24.1. The monoisotopic (exact) mass is 400 g/mol. The number of carbonyl (C=O) groups excluding carboxylic acids is 2. The first-order chi connectivity index (χ1) is 13.8. The van der Waals surface area contributed by atoms with E-state index in [0.717, 1.165) is 55.8 Å². The average molecular weight is 401 g/mol. The zero-order chi connectivity index (χ0) is 20.4. The van der Waals surface area contributed by atoms with Crippen LogP contribution in [0.3, 0.4) is 0 Å². The molecule has 0 bridgehead atoms. The van der Waals surface area contributed by atoms with Gasteiger partial charge in [0, 0.05) is 12.8 Å². The Labute approximate surface area is 176 Å². The fourth-order valence-corrected chi connectivity index (χ4v) is 9.39. The number of ketones is 1. The third-order valence-corrected chi connectivity index (χ3v) is 10.9. The Kier molecular flexibility index (Phi) is 4.91. The number of rotatable bonds is 3. The van der Waals surface area contributed by atoms with Crippen molar-refractivity contribution in [2.45, 2.75) is 91.4 Å². The number of carbonyl (C=O) groups is 2. The van der Waals surface area contributed by atoms with E-state index in [2.05, 4.69) is 20.8 Å². The maximum absolute atomic E-state index is 12.1. The molecule has 4 saturated carbocycles. The number of hydrogen-bond acceptors (Lipinski definition) is 3. The van der Waals surface area contributed by atoms with Crippen molar-refractivity contribution in [1.82, 2.24) is 0 Å². The Bertz CT molecular complexity index is 685. The van der Waals surface area contributed by atoms with Crippen LogP contribution in [0, 0.1) is 52.3 Å². The summed E-state index contributed by atoms with van der Waals surface area (Å²) >= 11 is 0. The molecule has 0 spiro atoms. The van der Waals surface area contributed by atoms with Gasteiger partial charge in [-0.25, -0.2) is 0 Å². The first-order valence-corrected chi connectivity index (χ1v) is 12.5.